The zero-order chi connectivity index (χ0) is 15.0. The summed E-state index contributed by atoms with van der Waals surface area (Å²) in [5.41, 5.74) is 2.14. The van der Waals surface area contributed by atoms with Gasteiger partial charge in [0.1, 0.15) is 4.90 Å². The van der Waals surface area contributed by atoms with Gasteiger partial charge in [-0.1, -0.05) is 30.3 Å². The Kier molecular flexibility index (Phi) is 3.59. The lowest BCUT2D eigenvalue weighted by molar-refractivity contribution is 0.398. The second kappa shape index (κ2) is 5.27. The van der Waals surface area contributed by atoms with Gasteiger partial charge in [-0.3, -0.25) is 5.10 Å². The van der Waals surface area contributed by atoms with Crippen molar-refractivity contribution >= 4 is 10.0 Å². The smallest absolute Gasteiger partial charge is 0.247 e. The van der Waals surface area contributed by atoms with Gasteiger partial charge in [0.05, 0.1) is 11.4 Å². The lowest BCUT2D eigenvalue weighted by Gasteiger charge is -2.22. The van der Waals surface area contributed by atoms with E-state index in [-0.39, 0.29) is 6.04 Å². The number of hydrogen-bond acceptors (Lipinski definition) is 3. The van der Waals surface area contributed by atoms with Crippen molar-refractivity contribution in [3.63, 3.8) is 0 Å². The predicted octanol–water partition coefficient (Wildman–Crippen LogP) is 2.38. The largest absolute Gasteiger partial charge is 0.281 e. The summed E-state index contributed by atoms with van der Waals surface area (Å²) < 4.78 is 27.6. The van der Waals surface area contributed by atoms with Crippen LogP contribution in [0, 0.1) is 13.8 Å². The quantitative estimate of drug-likeness (QED) is 0.922. The van der Waals surface area contributed by atoms with Crippen molar-refractivity contribution in [3.05, 3.63) is 47.3 Å². The van der Waals surface area contributed by atoms with E-state index in [4.69, 9.17) is 0 Å². The normalized spacial score (nSPS) is 15.6. The minimum atomic E-state index is -3.51. The van der Waals surface area contributed by atoms with Crippen LogP contribution in [0.15, 0.2) is 35.2 Å². The maximum atomic E-state index is 13.0. The van der Waals surface area contributed by atoms with E-state index in [1.54, 1.807) is 18.2 Å². The lowest BCUT2D eigenvalue weighted by atomic mass is 10.2. The van der Waals surface area contributed by atoms with E-state index >= 15 is 0 Å². The summed E-state index contributed by atoms with van der Waals surface area (Å²) in [7, 11) is -3.51. The molecule has 0 bridgehead atoms. The molecule has 0 spiro atoms. The van der Waals surface area contributed by atoms with Gasteiger partial charge < -0.3 is 0 Å². The van der Waals surface area contributed by atoms with Gasteiger partial charge in [-0.25, -0.2) is 8.42 Å². The number of sulfonamides is 1. The molecule has 2 aromatic rings. The number of aromatic amines is 1. The molecule has 1 N–H and O–H groups in total. The molecule has 6 heteroatoms. The van der Waals surface area contributed by atoms with Gasteiger partial charge in [-0.15, -0.1) is 0 Å². The Morgan fingerprint density at radius 1 is 1.24 bits per heavy atom. The van der Waals surface area contributed by atoms with Crippen molar-refractivity contribution in [1.82, 2.24) is 14.5 Å². The lowest BCUT2D eigenvalue weighted by Crippen LogP contribution is -2.33. The molecule has 1 aromatic heterocycles. The third kappa shape index (κ3) is 2.73. The van der Waals surface area contributed by atoms with Gasteiger partial charge >= 0.3 is 0 Å². The van der Waals surface area contributed by atoms with Crippen molar-refractivity contribution in [2.45, 2.75) is 44.2 Å². The summed E-state index contributed by atoms with van der Waals surface area (Å²) >= 11 is 0. The van der Waals surface area contributed by atoms with Crippen molar-refractivity contribution in [2.24, 2.45) is 0 Å². The first-order valence-electron chi connectivity index (χ1n) is 7.07. The fourth-order valence-corrected chi connectivity index (χ4v) is 4.58. The van der Waals surface area contributed by atoms with Crippen LogP contribution in [0.3, 0.4) is 0 Å². The Morgan fingerprint density at radius 3 is 2.43 bits per heavy atom. The molecule has 1 aliphatic rings. The molecule has 1 fully saturated rings. The maximum Gasteiger partial charge on any atom is 0.247 e. The number of benzene rings is 1. The van der Waals surface area contributed by atoms with Crippen LogP contribution in [0.2, 0.25) is 0 Å². The predicted molar refractivity (Wildman–Crippen MR) is 80.3 cm³/mol. The molecule has 1 saturated carbocycles. The number of rotatable bonds is 5. The van der Waals surface area contributed by atoms with Crippen LogP contribution in [0.5, 0.6) is 0 Å². The Balaban J connectivity index is 1.97. The van der Waals surface area contributed by atoms with Crippen LogP contribution >= 0.6 is 0 Å². The van der Waals surface area contributed by atoms with E-state index in [9.17, 15) is 8.42 Å². The molecule has 5 nitrogen and oxygen atoms in total. The molecule has 21 heavy (non-hydrogen) atoms. The third-order valence-electron chi connectivity index (χ3n) is 3.76. The summed E-state index contributed by atoms with van der Waals surface area (Å²) in [4.78, 5) is 0.324. The topological polar surface area (TPSA) is 66.1 Å². The molecule has 0 atom stereocenters. The van der Waals surface area contributed by atoms with Gasteiger partial charge in [-0.2, -0.15) is 9.40 Å². The summed E-state index contributed by atoms with van der Waals surface area (Å²) in [6, 6.07) is 9.83. The van der Waals surface area contributed by atoms with Crippen LogP contribution in [-0.2, 0) is 16.6 Å². The van der Waals surface area contributed by atoms with Gasteiger partial charge in [0.25, 0.3) is 0 Å². The van der Waals surface area contributed by atoms with Gasteiger partial charge in [0.15, 0.2) is 0 Å². The third-order valence-corrected chi connectivity index (χ3v) is 5.92. The Labute approximate surface area is 125 Å². The van der Waals surface area contributed by atoms with Crippen LogP contribution in [0.25, 0.3) is 0 Å². The number of nitrogens with zero attached hydrogens (tertiary/aromatic N) is 2. The zero-order valence-electron chi connectivity index (χ0n) is 12.2. The molecule has 1 aromatic carbocycles. The number of H-pyrrole nitrogens is 1. The summed E-state index contributed by atoms with van der Waals surface area (Å²) in [5.74, 6) is 0. The molecule has 0 saturated heterocycles. The van der Waals surface area contributed by atoms with Crippen molar-refractivity contribution < 1.29 is 8.42 Å². The van der Waals surface area contributed by atoms with Gasteiger partial charge in [0, 0.05) is 12.6 Å². The van der Waals surface area contributed by atoms with E-state index < -0.39 is 10.0 Å². The van der Waals surface area contributed by atoms with E-state index in [1.165, 1.54) is 0 Å². The first kappa shape index (κ1) is 14.3. The fourth-order valence-electron chi connectivity index (χ4n) is 2.57. The molecule has 0 radical (unpaired) electrons. The average molecular weight is 305 g/mol. The van der Waals surface area contributed by atoms with Crippen LogP contribution in [-0.4, -0.2) is 29.0 Å². The Hall–Kier alpha value is -1.66. The Bertz CT molecular complexity index is 714. The minimum absolute atomic E-state index is 0.115. The second-order valence-corrected chi connectivity index (χ2v) is 7.36. The zero-order valence-corrected chi connectivity index (χ0v) is 13.0. The minimum Gasteiger partial charge on any atom is -0.281 e. The molecular formula is C15H19N3O2S. The van der Waals surface area contributed by atoms with Gasteiger partial charge in [-0.05, 0) is 32.3 Å². The molecule has 1 heterocycles. The highest BCUT2D eigenvalue weighted by molar-refractivity contribution is 7.89. The highest BCUT2D eigenvalue weighted by atomic mass is 32.2. The van der Waals surface area contributed by atoms with Crippen molar-refractivity contribution in [2.75, 3.05) is 0 Å². The number of aromatic nitrogens is 2. The first-order valence-corrected chi connectivity index (χ1v) is 8.51. The van der Waals surface area contributed by atoms with Crippen LogP contribution < -0.4 is 0 Å². The monoisotopic (exact) mass is 305 g/mol. The van der Waals surface area contributed by atoms with E-state index in [0.29, 0.717) is 22.8 Å². The van der Waals surface area contributed by atoms with E-state index in [1.807, 2.05) is 30.3 Å². The first-order chi connectivity index (χ1) is 10.00. The van der Waals surface area contributed by atoms with Crippen molar-refractivity contribution in [1.29, 1.82) is 0 Å². The average Bonchev–Trinajstić information content (AvgIpc) is 3.22. The van der Waals surface area contributed by atoms with Gasteiger partial charge in [0.2, 0.25) is 10.0 Å². The Morgan fingerprint density at radius 2 is 1.90 bits per heavy atom. The van der Waals surface area contributed by atoms with Crippen LogP contribution in [0.4, 0.5) is 0 Å². The molecule has 1 aliphatic carbocycles. The maximum absolute atomic E-state index is 13.0. The molecule has 0 aliphatic heterocycles. The number of aryl methyl sites for hydroxylation is 2. The highest BCUT2D eigenvalue weighted by Crippen LogP contribution is 2.34. The number of hydrogen-bond donors (Lipinski definition) is 1. The molecule has 0 amide bonds. The summed E-state index contributed by atoms with van der Waals surface area (Å²) in [6.07, 6.45) is 1.87. The van der Waals surface area contributed by atoms with Crippen LogP contribution in [0.1, 0.15) is 29.8 Å². The highest BCUT2D eigenvalue weighted by Gasteiger charge is 2.40. The molecule has 0 unspecified atom stereocenters. The summed E-state index contributed by atoms with van der Waals surface area (Å²) in [6.45, 7) is 3.89. The second-order valence-electron chi connectivity index (χ2n) is 5.53. The van der Waals surface area contributed by atoms with E-state index in [0.717, 1.165) is 18.4 Å². The number of nitrogens with one attached hydrogen (secondary N) is 1. The molecule has 112 valence electrons. The van der Waals surface area contributed by atoms with E-state index in [2.05, 4.69) is 10.2 Å². The standard InChI is InChI=1S/C15H19N3O2S/c1-11-15(12(2)17-16-11)21(19,20)18(14-8-9-14)10-13-6-4-3-5-7-13/h3-7,14H,8-10H2,1-2H3,(H,16,17). The fraction of sp³-hybridized carbons (Fsp3) is 0.400. The molecule has 3 rings (SSSR count). The molecular weight excluding hydrogens is 286 g/mol. The van der Waals surface area contributed by atoms with Crippen molar-refractivity contribution in [3.8, 4) is 0 Å². The summed E-state index contributed by atoms with van der Waals surface area (Å²) in [5, 5.41) is 6.79. The SMILES string of the molecule is Cc1n[nH]c(C)c1S(=O)(=O)N(Cc1ccccc1)C1CC1.